The molecule has 0 amide bonds. The van der Waals surface area contributed by atoms with E-state index in [9.17, 15) is 9.50 Å². The molecule has 1 atom stereocenters. The van der Waals surface area contributed by atoms with Crippen molar-refractivity contribution in [2.75, 3.05) is 11.9 Å². The number of aliphatic hydroxyl groups is 1. The lowest BCUT2D eigenvalue weighted by atomic mass is 9.96. The van der Waals surface area contributed by atoms with Gasteiger partial charge in [-0.15, -0.1) is 0 Å². The number of halogens is 1. The van der Waals surface area contributed by atoms with Gasteiger partial charge >= 0.3 is 0 Å². The van der Waals surface area contributed by atoms with Crippen LogP contribution in [0.3, 0.4) is 0 Å². The zero-order valence-electron chi connectivity index (χ0n) is 12.5. The van der Waals surface area contributed by atoms with E-state index in [0.717, 1.165) is 12.0 Å². The van der Waals surface area contributed by atoms with E-state index in [-0.39, 0.29) is 5.82 Å². The van der Waals surface area contributed by atoms with Crippen molar-refractivity contribution in [2.24, 2.45) is 0 Å². The SMILES string of the molecule is OC1(CNc2ncnc3ccc(F)cc23)CCc2ccccc21. The van der Waals surface area contributed by atoms with Gasteiger partial charge in [-0.3, -0.25) is 0 Å². The van der Waals surface area contributed by atoms with Crippen LogP contribution in [0, 0.1) is 5.82 Å². The molecule has 0 fully saturated rings. The maximum absolute atomic E-state index is 13.5. The Bertz CT molecular complexity index is 883. The van der Waals surface area contributed by atoms with Gasteiger partial charge in [-0.25, -0.2) is 14.4 Å². The Morgan fingerprint density at radius 1 is 1.17 bits per heavy atom. The number of aryl methyl sites for hydroxylation is 1. The van der Waals surface area contributed by atoms with Crippen LogP contribution in [-0.4, -0.2) is 21.6 Å². The second kappa shape index (κ2) is 5.28. The first kappa shape index (κ1) is 14.1. The smallest absolute Gasteiger partial charge is 0.137 e. The summed E-state index contributed by atoms with van der Waals surface area (Å²) < 4.78 is 13.5. The van der Waals surface area contributed by atoms with Gasteiger partial charge in [-0.2, -0.15) is 0 Å². The summed E-state index contributed by atoms with van der Waals surface area (Å²) in [6.07, 6.45) is 2.96. The van der Waals surface area contributed by atoms with E-state index >= 15 is 0 Å². The van der Waals surface area contributed by atoms with E-state index in [2.05, 4.69) is 15.3 Å². The van der Waals surface area contributed by atoms with Gasteiger partial charge in [-0.1, -0.05) is 24.3 Å². The molecule has 2 aromatic carbocycles. The zero-order chi connectivity index (χ0) is 15.9. The normalized spacial score (nSPS) is 19.7. The quantitative estimate of drug-likeness (QED) is 0.781. The molecule has 116 valence electrons. The van der Waals surface area contributed by atoms with Crippen LogP contribution in [0.1, 0.15) is 17.5 Å². The Hall–Kier alpha value is -2.53. The Morgan fingerprint density at radius 3 is 2.96 bits per heavy atom. The summed E-state index contributed by atoms with van der Waals surface area (Å²) in [7, 11) is 0. The molecule has 0 bridgehead atoms. The maximum Gasteiger partial charge on any atom is 0.137 e. The van der Waals surface area contributed by atoms with Gasteiger partial charge in [0, 0.05) is 11.9 Å². The largest absolute Gasteiger partial charge is 0.383 e. The molecule has 0 radical (unpaired) electrons. The van der Waals surface area contributed by atoms with Crippen LogP contribution in [0.2, 0.25) is 0 Å². The predicted octanol–water partition coefficient (Wildman–Crippen LogP) is 3.01. The van der Waals surface area contributed by atoms with Gasteiger partial charge in [0.2, 0.25) is 0 Å². The second-order valence-corrected chi connectivity index (χ2v) is 5.93. The van der Waals surface area contributed by atoms with Crippen LogP contribution in [0.15, 0.2) is 48.8 Å². The molecule has 1 aliphatic rings. The van der Waals surface area contributed by atoms with E-state index in [1.54, 1.807) is 6.07 Å². The fraction of sp³-hybridized carbons (Fsp3) is 0.222. The summed E-state index contributed by atoms with van der Waals surface area (Å²) in [6, 6.07) is 12.3. The van der Waals surface area contributed by atoms with Crippen LogP contribution in [-0.2, 0) is 12.0 Å². The van der Waals surface area contributed by atoms with Crippen molar-refractivity contribution in [3.05, 3.63) is 65.7 Å². The van der Waals surface area contributed by atoms with E-state index in [4.69, 9.17) is 0 Å². The molecule has 2 N–H and O–H groups in total. The summed E-state index contributed by atoms with van der Waals surface area (Å²) in [5.41, 5.74) is 1.87. The number of fused-ring (bicyclic) bond motifs is 2. The minimum Gasteiger partial charge on any atom is -0.383 e. The lowest BCUT2D eigenvalue weighted by Gasteiger charge is -2.25. The van der Waals surface area contributed by atoms with Crippen molar-refractivity contribution in [1.29, 1.82) is 0 Å². The van der Waals surface area contributed by atoms with Gasteiger partial charge in [0.05, 0.1) is 5.52 Å². The molecule has 1 aromatic heterocycles. The number of hydrogen-bond donors (Lipinski definition) is 2. The standard InChI is InChI=1S/C18H16FN3O/c19-13-5-6-16-14(9-13)17(22-11-21-16)20-10-18(23)8-7-12-3-1-2-4-15(12)18/h1-6,9,11,23H,7-8,10H2,(H,20,21,22). The third-order valence-corrected chi connectivity index (χ3v) is 4.47. The van der Waals surface area contributed by atoms with Gasteiger partial charge < -0.3 is 10.4 Å². The van der Waals surface area contributed by atoms with Crippen LogP contribution >= 0.6 is 0 Å². The van der Waals surface area contributed by atoms with E-state index in [0.29, 0.717) is 29.7 Å². The topological polar surface area (TPSA) is 58.0 Å². The third-order valence-electron chi connectivity index (χ3n) is 4.47. The van der Waals surface area contributed by atoms with E-state index in [1.165, 1.54) is 24.0 Å². The number of nitrogens with one attached hydrogen (secondary N) is 1. The van der Waals surface area contributed by atoms with Gasteiger partial charge in [0.15, 0.2) is 0 Å². The van der Waals surface area contributed by atoms with Crippen LogP contribution in [0.25, 0.3) is 10.9 Å². The fourth-order valence-corrected chi connectivity index (χ4v) is 3.25. The molecule has 0 saturated carbocycles. The average Bonchev–Trinajstić information content (AvgIpc) is 2.91. The molecule has 1 heterocycles. The summed E-state index contributed by atoms with van der Waals surface area (Å²) in [5.74, 6) is 0.201. The van der Waals surface area contributed by atoms with Crippen LogP contribution in [0.4, 0.5) is 10.2 Å². The molecule has 3 aromatic rings. The number of nitrogens with zero attached hydrogens (tertiary/aromatic N) is 2. The van der Waals surface area contributed by atoms with Crippen molar-refractivity contribution in [1.82, 2.24) is 9.97 Å². The predicted molar refractivity (Wildman–Crippen MR) is 86.6 cm³/mol. The lowest BCUT2D eigenvalue weighted by Crippen LogP contribution is -2.32. The number of anilines is 1. The highest BCUT2D eigenvalue weighted by molar-refractivity contribution is 5.88. The van der Waals surface area contributed by atoms with Crippen LogP contribution in [0.5, 0.6) is 0 Å². The molecular formula is C18H16FN3O. The van der Waals surface area contributed by atoms with Gasteiger partial charge in [0.25, 0.3) is 0 Å². The highest BCUT2D eigenvalue weighted by Gasteiger charge is 2.36. The Labute approximate surface area is 133 Å². The lowest BCUT2D eigenvalue weighted by molar-refractivity contribution is 0.0526. The number of rotatable bonds is 3. The summed E-state index contributed by atoms with van der Waals surface area (Å²) in [5, 5.41) is 14.7. The van der Waals surface area contributed by atoms with E-state index < -0.39 is 5.60 Å². The van der Waals surface area contributed by atoms with Crippen LogP contribution < -0.4 is 5.32 Å². The minimum absolute atomic E-state index is 0.326. The monoisotopic (exact) mass is 309 g/mol. The number of aromatic nitrogens is 2. The first-order valence-electron chi connectivity index (χ1n) is 7.61. The van der Waals surface area contributed by atoms with Gasteiger partial charge in [-0.05, 0) is 42.2 Å². The summed E-state index contributed by atoms with van der Waals surface area (Å²) >= 11 is 0. The first-order chi connectivity index (χ1) is 11.2. The summed E-state index contributed by atoms with van der Waals surface area (Å²) in [4.78, 5) is 8.33. The Kier molecular flexibility index (Phi) is 3.23. The molecule has 1 unspecified atom stereocenters. The van der Waals surface area contributed by atoms with Crippen molar-refractivity contribution in [2.45, 2.75) is 18.4 Å². The molecule has 0 spiro atoms. The highest BCUT2D eigenvalue weighted by Crippen LogP contribution is 2.37. The molecule has 4 nitrogen and oxygen atoms in total. The average molecular weight is 309 g/mol. The third kappa shape index (κ3) is 2.43. The van der Waals surface area contributed by atoms with Crippen molar-refractivity contribution in [3.8, 4) is 0 Å². The molecule has 5 heteroatoms. The molecule has 1 aliphatic carbocycles. The summed E-state index contributed by atoms with van der Waals surface area (Å²) in [6.45, 7) is 0.326. The molecule has 23 heavy (non-hydrogen) atoms. The zero-order valence-corrected chi connectivity index (χ0v) is 12.5. The van der Waals surface area contributed by atoms with E-state index in [1.807, 2.05) is 24.3 Å². The van der Waals surface area contributed by atoms with Crippen molar-refractivity contribution < 1.29 is 9.50 Å². The fourth-order valence-electron chi connectivity index (χ4n) is 3.25. The molecular weight excluding hydrogens is 293 g/mol. The van der Waals surface area contributed by atoms with Gasteiger partial charge in [0.1, 0.15) is 23.6 Å². The van der Waals surface area contributed by atoms with Crippen molar-refractivity contribution >= 4 is 16.7 Å². The first-order valence-corrected chi connectivity index (χ1v) is 7.61. The number of hydrogen-bond acceptors (Lipinski definition) is 4. The maximum atomic E-state index is 13.5. The Balaban J connectivity index is 1.64. The molecule has 0 aliphatic heterocycles. The molecule has 0 saturated heterocycles. The highest BCUT2D eigenvalue weighted by atomic mass is 19.1. The minimum atomic E-state index is -0.929. The number of benzene rings is 2. The van der Waals surface area contributed by atoms with Crippen molar-refractivity contribution in [3.63, 3.8) is 0 Å². The second-order valence-electron chi connectivity index (χ2n) is 5.93. The Morgan fingerprint density at radius 2 is 2.04 bits per heavy atom. The molecule has 4 rings (SSSR count).